The number of esters is 1. The second-order valence-electron chi connectivity index (χ2n) is 3.88. The number of ether oxygens (including phenoxy) is 1. The van der Waals surface area contributed by atoms with E-state index >= 15 is 0 Å². The lowest BCUT2D eigenvalue weighted by Gasteiger charge is -2.21. The predicted octanol–water partition coefficient (Wildman–Crippen LogP) is 1.71. The highest BCUT2D eigenvalue weighted by molar-refractivity contribution is 9.11. The van der Waals surface area contributed by atoms with Gasteiger partial charge in [-0.1, -0.05) is 15.9 Å². The molecule has 0 amide bonds. The molecule has 1 heterocycles. The first-order valence-electron chi connectivity index (χ1n) is 4.14. The van der Waals surface area contributed by atoms with Gasteiger partial charge in [0.15, 0.2) is 0 Å². The van der Waals surface area contributed by atoms with Crippen molar-refractivity contribution < 1.29 is 9.53 Å². The van der Waals surface area contributed by atoms with Crippen LogP contribution < -0.4 is 5.32 Å². The van der Waals surface area contributed by atoms with E-state index in [-0.39, 0.29) is 21.1 Å². The zero-order valence-corrected chi connectivity index (χ0v) is 10.4. The van der Waals surface area contributed by atoms with Gasteiger partial charge in [0.2, 0.25) is 0 Å². The molecule has 3 nitrogen and oxygen atoms in total. The van der Waals surface area contributed by atoms with E-state index in [0.29, 0.717) is 6.54 Å². The molecule has 0 aromatic heterocycles. The third-order valence-electron chi connectivity index (χ3n) is 1.42. The first-order chi connectivity index (χ1) is 5.88. The summed E-state index contributed by atoms with van der Waals surface area (Å²) in [5.41, 5.74) is -0.387. The van der Waals surface area contributed by atoms with E-state index in [2.05, 4.69) is 21.2 Å². The van der Waals surface area contributed by atoms with E-state index < -0.39 is 0 Å². The van der Waals surface area contributed by atoms with Crippen LogP contribution in [0, 0.1) is 0 Å². The summed E-state index contributed by atoms with van der Waals surface area (Å²) in [7, 11) is 0. The van der Waals surface area contributed by atoms with Crippen LogP contribution in [0.3, 0.4) is 0 Å². The zero-order valence-electron chi connectivity index (χ0n) is 7.96. The first-order valence-corrected chi connectivity index (χ1v) is 6.00. The van der Waals surface area contributed by atoms with Crippen LogP contribution in [0.2, 0.25) is 0 Å². The van der Waals surface area contributed by atoms with Crippen LogP contribution in [0.25, 0.3) is 0 Å². The van der Waals surface area contributed by atoms with E-state index in [4.69, 9.17) is 4.74 Å². The molecule has 1 rings (SSSR count). The SMILES string of the molecule is CC(C)(C)OC(=O)C1CNC(Br)S1. The van der Waals surface area contributed by atoms with Crippen molar-refractivity contribution in [2.45, 2.75) is 35.9 Å². The fraction of sp³-hybridized carbons (Fsp3) is 0.875. The van der Waals surface area contributed by atoms with Crippen molar-refractivity contribution in [1.29, 1.82) is 0 Å². The van der Waals surface area contributed by atoms with Gasteiger partial charge in [-0.05, 0) is 20.8 Å². The van der Waals surface area contributed by atoms with Gasteiger partial charge >= 0.3 is 5.97 Å². The lowest BCUT2D eigenvalue weighted by molar-refractivity contribution is -0.153. The molecule has 0 aromatic carbocycles. The second kappa shape index (κ2) is 4.19. The highest BCUT2D eigenvalue weighted by Gasteiger charge is 2.32. The minimum absolute atomic E-state index is 0.0800. The minimum Gasteiger partial charge on any atom is -0.459 e. The van der Waals surface area contributed by atoms with Crippen LogP contribution in [0.15, 0.2) is 0 Å². The second-order valence-corrected chi connectivity index (χ2v) is 6.72. The molecule has 0 spiro atoms. The van der Waals surface area contributed by atoms with Crippen LogP contribution in [-0.2, 0) is 9.53 Å². The van der Waals surface area contributed by atoms with Gasteiger partial charge in [0, 0.05) is 6.54 Å². The lowest BCUT2D eigenvalue weighted by Crippen LogP contribution is -2.31. The summed E-state index contributed by atoms with van der Waals surface area (Å²) in [4.78, 5) is 11.5. The Balaban J connectivity index is 2.41. The maximum absolute atomic E-state index is 11.5. The number of nitrogens with one attached hydrogen (secondary N) is 1. The Hall–Kier alpha value is 0.260. The van der Waals surface area contributed by atoms with Crippen molar-refractivity contribution in [3.63, 3.8) is 0 Å². The number of hydrogen-bond acceptors (Lipinski definition) is 4. The molecule has 2 atom stereocenters. The van der Waals surface area contributed by atoms with Crippen LogP contribution in [0.5, 0.6) is 0 Å². The molecule has 1 aliphatic rings. The third kappa shape index (κ3) is 3.87. The molecule has 0 aromatic rings. The van der Waals surface area contributed by atoms with Gasteiger partial charge in [0.05, 0.1) is 0 Å². The number of halogens is 1. The number of thioether (sulfide) groups is 1. The molecule has 0 bridgehead atoms. The Morgan fingerprint density at radius 2 is 2.23 bits per heavy atom. The molecule has 1 N–H and O–H groups in total. The van der Waals surface area contributed by atoms with Crippen molar-refractivity contribution in [1.82, 2.24) is 5.32 Å². The summed E-state index contributed by atoms with van der Waals surface area (Å²) in [6, 6.07) is 0. The third-order valence-corrected chi connectivity index (χ3v) is 3.48. The van der Waals surface area contributed by atoms with Gasteiger partial charge in [0.1, 0.15) is 15.1 Å². The van der Waals surface area contributed by atoms with Crippen LogP contribution in [0.1, 0.15) is 20.8 Å². The van der Waals surface area contributed by atoms with Gasteiger partial charge in [-0.2, -0.15) is 0 Å². The van der Waals surface area contributed by atoms with Gasteiger partial charge in [-0.15, -0.1) is 11.8 Å². The Morgan fingerprint density at radius 1 is 1.62 bits per heavy atom. The summed E-state index contributed by atoms with van der Waals surface area (Å²) in [5, 5.41) is 3.04. The topological polar surface area (TPSA) is 38.3 Å². The number of alkyl halides is 1. The van der Waals surface area contributed by atoms with Gasteiger partial charge in [-0.25, -0.2) is 0 Å². The average molecular weight is 268 g/mol. The normalized spacial score (nSPS) is 28.9. The van der Waals surface area contributed by atoms with E-state index in [1.165, 1.54) is 0 Å². The number of carbonyl (C=O) groups excluding carboxylic acids is 1. The summed E-state index contributed by atoms with van der Waals surface area (Å²) < 4.78 is 5.42. The van der Waals surface area contributed by atoms with E-state index in [1.807, 2.05) is 20.8 Å². The molecule has 13 heavy (non-hydrogen) atoms. The predicted molar refractivity (Wildman–Crippen MR) is 57.9 cm³/mol. The maximum Gasteiger partial charge on any atom is 0.320 e. The molecule has 1 fully saturated rings. The summed E-state index contributed by atoms with van der Waals surface area (Å²) >= 11 is 4.92. The Kier molecular flexibility index (Phi) is 3.65. The monoisotopic (exact) mass is 267 g/mol. The van der Waals surface area contributed by atoms with E-state index in [1.54, 1.807) is 11.8 Å². The molecule has 76 valence electrons. The average Bonchev–Trinajstić information content (AvgIpc) is 2.31. The Morgan fingerprint density at radius 3 is 2.62 bits per heavy atom. The first kappa shape index (κ1) is 11.3. The fourth-order valence-corrected chi connectivity index (χ4v) is 2.75. The van der Waals surface area contributed by atoms with Gasteiger partial charge < -0.3 is 4.74 Å². The molecular formula is C8H14BrNO2S. The summed E-state index contributed by atoms with van der Waals surface area (Å²) in [5.74, 6) is -0.132. The van der Waals surface area contributed by atoms with Gasteiger partial charge in [-0.3, -0.25) is 10.1 Å². The highest BCUT2D eigenvalue weighted by atomic mass is 79.9. The Bertz CT molecular complexity index is 205. The summed E-state index contributed by atoms with van der Waals surface area (Å²) in [6.45, 7) is 6.31. The van der Waals surface area contributed by atoms with E-state index in [9.17, 15) is 4.79 Å². The van der Waals surface area contributed by atoms with Crippen molar-refractivity contribution in [2.75, 3.05) is 6.54 Å². The van der Waals surface area contributed by atoms with Crippen molar-refractivity contribution >= 4 is 33.7 Å². The molecule has 5 heteroatoms. The molecule has 1 saturated heterocycles. The van der Waals surface area contributed by atoms with Gasteiger partial charge in [0.25, 0.3) is 0 Å². The number of hydrogen-bond donors (Lipinski definition) is 1. The van der Waals surface area contributed by atoms with E-state index in [0.717, 1.165) is 0 Å². The quantitative estimate of drug-likeness (QED) is 0.446. The van der Waals surface area contributed by atoms with Crippen LogP contribution >= 0.6 is 27.7 Å². The lowest BCUT2D eigenvalue weighted by atomic mass is 10.2. The standard InChI is InChI=1S/C8H14BrNO2S/c1-8(2,3)12-6(11)5-4-10-7(9)13-5/h5,7,10H,4H2,1-3H3. The zero-order chi connectivity index (χ0) is 10.1. The summed E-state index contributed by atoms with van der Waals surface area (Å²) in [6.07, 6.45) is 0. The number of carbonyl (C=O) groups is 1. The fourth-order valence-electron chi connectivity index (χ4n) is 0.947. The van der Waals surface area contributed by atoms with Crippen molar-refractivity contribution in [2.24, 2.45) is 0 Å². The van der Waals surface area contributed by atoms with Crippen molar-refractivity contribution in [3.8, 4) is 0 Å². The Labute approximate surface area is 91.1 Å². The molecule has 0 aliphatic carbocycles. The molecule has 2 unspecified atom stereocenters. The number of rotatable bonds is 1. The van der Waals surface area contributed by atoms with Crippen molar-refractivity contribution in [3.05, 3.63) is 0 Å². The molecule has 1 aliphatic heterocycles. The maximum atomic E-state index is 11.5. The minimum atomic E-state index is -0.387. The largest absolute Gasteiger partial charge is 0.459 e. The highest BCUT2D eigenvalue weighted by Crippen LogP contribution is 2.28. The van der Waals surface area contributed by atoms with Crippen LogP contribution in [0.4, 0.5) is 0 Å². The molecule has 0 radical (unpaired) electrons. The van der Waals surface area contributed by atoms with Crippen LogP contribution in [-0.4, -0.2) is 27.6 Å². The molecular weight excluding hydrogens is 254 g/mol. The smallest absolute Gasteiger partial charge is 0.320 e. The molecule has 0 saturated carbocycles.